The topological polar surface area (TPSA) is 76.1 Å². The zero-order valence-corrected chi connectivity index (χ0v) is 11.5. The van der Waals surface area contributed by atoms with E-state index in [1.807, 2.05) is 12.1 Å². The smallest absolute Gasteiger partial charge is 0.241 e. The number of ether oxygens (including phenoxy) is 1. The summed E-state index contributed by atoms with van der Waals surface area (Å²) in [4.78, 5) is 12.0. The molecule has 0 radical (unpaired) electrons. The molecule has 2 heterocycles. The van der Waals surface area contributed by atoms with Crippen molar-refractivity contribution in [1.82, 2.24) is 15.5 Å². The summed E-state index contributed by atoms with van der Waals surface area (Å²) >= 11 is 0. The molecule has 108 valence electrons. The van der Waals surface area contributed by atoms with Gasteiger partial charge in [-0.15, -0.1) is 5.10 Å². The van der Waals surface area contributed by atoms with E-state index < -0.39 is 0 Å². The van der Waals surface area contributed by atoms with Gasteiger partial charge in [0.1, 0.15) is 5.75 Å². The molecule has 1 saturated heterocycles. The number of amides is 1. The van der Waals surface area contributed by atoms with Gasteiger partial charge in [0.15, 0.2) is 0 Å². The van der Waals surface area contributed by atoms with Crippen molar-refractivity contribution in [1.29, 1.82) is 0 Å². The lowest BCUT2D eigenvalue weighted by Crippen LogP contribution is -2.35. The first-order valence-corrected chi connectivity index (χ1v) is 6.91. The molecule has 1 aliphatic rings. The molecule has 1 aliphatic heterocycles. The lowest BCUT2D eigenvalue weighted by atomic mass is 10.2. The van der Waals surface area contributed by atoms with Crippen molar-refractivity contribution >= 4 is 11.6 Å². The molecule has 2 aromatic rings. The van der Waals surface area contributed by atoms with Gasteiger partial charge in [-0.25, -0.2) is 0 Å². The van der Waals surface area contributed by atoms with Gasteiger partial charge in [-0.2, -0.15) is 5.10 Å². The van der Waals surface area contributed by atoms with E-state index in [2.05, 4.69) is 20.8 Å². The van der Waals surface area contributed by atoms with Crippen LogP contribution < -0.4 is 15.4 Å². The fraction of sp³-hybridized carbons (Fsp3) is 0.267. The summed E-state index contributed by atoms with van der Waals surface area (Å²) in [5.74, 6) is 1.01. The third-order valence-electron chi connectivity index (χ3n) is 3.25. The van der Waals surface area contributed by atoms with Gasteiger partial charge in [0.2, 0.25) is 11.8 Å². The maximum absolute atomic E-state index is 12.0. The number of carbonyl (C=O) groups excluding carboxylic acids is 1. The van der Waals surface area contributed by atoms with Gasteiger partial charge in [0.05, 0.1) is 6.04 Å². The summed E-state index contributed by atoms with van der Waals surface area (Å²) in [6, 6.07) is 10.6. The Bertz CT molecular complexity index is 612. The molecule has 1 aromatic carbocycles. The highest BCUT2D eigenvalue weighted by atomic mass is 16.5. The number of nitrogens with zero attached hydrogens (tertiary/aromatic N) is 2. The fourth-order valence-corrected chi connectivity index (χ4v) is 2.24. The lowest BCUT2D eigenvalue weighted by Gasteiger charge is -2.12. The van der Waals surface area contributed by atoms with Gasteiger partial charge in [0, 0.05) is 24.0 Å². The fourth-order valence-electron chi connectivity index (χ4n) is 2.24. The van der Waals surface area contributed by atoms with E-state index in [-0.39, 0.29) is 11.9 Å². The number of carbonyl (C=O) groups is 1. The Kier molecular flexibility index (Phi) is 4.07. The van der Waals surface area contributed by atoms with Gasteiger partial charge < -0.3 is 15.4 Å². The molecule has 0 aliphatic carbocycles. The molecular formula is C15H16N4O2. The lowest BCUT2D eigenvalue weighted by molar-refractivity contribution is -0.117. The molecule has 1 fully saturated rings. The molecule has 0 spiro atoms. The predicted molar refractivity (Wildman–Crippen MR) is 78.2 cm³/mol. The van der Waals surface area contributed by atoms with E-state index >= 15 is 0 Å². The summed E-state index contributed by atoms with van der Waals surface area (Å²) < 4.78 is 5.59. The highest BCUT2D eigenvalue weighted by Crippen LogP contribution is 2.22. The number of anilines is 1. The molecular weight excluding hydrogens is 268 g/mol. The van der Waals surface area contributed by atoms with Crippen LogP contribution in [0.25, 0.3) is 0 Å². The van der Waals surface area contributed by atoms with Crippen LogP contribution in [0.2, 0.25) is 0 Å². The van der Waals surface area contributed by atoms with Crippen LogP contribution in [0.4, 0.5) is 5.69 Å². The van der Waals surface area contributed by atoms with Crippen molar-refractivity contribution in [2.24, 2.45) is 0 Å². The third kappa shape index (κ3) is 3.55. The molecule has 3 rings (SSSR count). The summed E-state index contributed by atoms with van der Waals surface area (Å²) in [7, 11) is 0. The SMILES string of the molecule is O=C(Nc1cccc(Oc2cccnn2)c1)C1CCCN1. The van der Waals surface area contributed by atoms with Gasteiger partial charge in [-0.05, 0) is 37.6 Å². The number of nitrogens with one attached hydrogen (secondary N) is 2. The van der Waals surface area contributed by atoms with Crippen molar-refractivity contribution in [3.05, 3.63) is 42.6 Å². The van der Waals surface area contributed by atoms with Gasteiger partial charge >= 0.3 is 0 Å². The van der Waals surface area contributed by atoms with Crippen LogP contribution in [0.3, 0.4) is 0 Å². The van der Waals surface area contributed by atoms with Crippen LogP contribution in [0.1, 0.15) is 12.8 Å². The zero-order valence-electron chi connectivity index (χ0n) is 11.5. The monoisotopic (exact) mass is 284 g/mol. The number of aromatic nitrogens is 2. The van der Waals surface area contributed by atoms with Crippen LogP contribution in [-0.2, 0) is 4.79 Å². The van der Waals surface area contributed by atoms with Crippen LogP contribution in [0.15, 0.2) is 42.6 Å². The molecule has 1 unspecified atom stereocenters. The Morgan fingerprint density at radius 2 is 2.29 bits per heavy atom. The number of benzene rings is 1. The average molecular weight is 284 g/mol. The molecule has 0 saturated carbocycles. The maximum atomic E-state index is 12.0. The van der Waals surface area contributed by atoms with E-state index in [4.69, 9.17) is 4.74 Å². The Hall–Kier alpha value is -2.47. The Morgan fingerprint density at radius 1 is 1.33 bits per heavy atom. The molecule has 2 N–H and O–H groups in total. The van der Waals surface area contributed by atoms with Crippen LogP contribution in [0.5, 0.6) is 11.6 Å². The molecule has 21 heavy (non-hydrogen) atoms. The van der Waals surface area contributed by atoms with E-state index in [9.17, 15) is 4.79 Å². The second-order valence-electron chi connectivity index (χ2n) is 4.83. The highest BCUT2D eigenvalue weighted by Gasteiger charge is 2.21. The average Bonchev–Trinajstić information content (AvgIpc) is 3.03. The van der Waals surface area contributed by atoms with Crippen LogP contribution in [0, 0.1) is 0 Å². The standard InChI is InChI=1S/C15H16N4O2/c20-15(13-6-2-8-16-13)18-11-4-1-5-12(10-11)21-14-7-3-9-17-19-14/h1,3-5,7,9-10,13,16H,2,6,8H2,(H,18,20). The van der Waals surface area contributed by atoms with E-state index in [1.165, 1.54) is 0 Å². The molecule has 0 bridgehead atoms. The van der Waals surface area contributed by atoms with Crippen molar-refractivity contribution in [2.75, 3.05) is 11.9 Å². The molecule has 1 atom stereocenters. The summed E-state index contributed by atoms with van der Waals surface area (Å²) in [6.07, 6.45) is 3.49. The second-order valence-corrected chi connectivity index (χ2v) is 4.83. The van der Waals surface area contributed by atoms with E-state index in [0.717, 1.165) is 19.4 Å². The second kappa shape index (κ2) is 6.32. The number of rotatable bonds is 4. The number of hydrogen-bond acceptors (Lipinski definition) is 5. The van der Waals surface area contributed by atoms with Crippen molar-refractivity contribution in [3.8, 4) is 11.6 Å². The minimum atomic E-state index is -0.102. The first-order chi connectivity index (χ1) is 10.3. The Morgan fingerprint density at radius 3 is 3.05 bits per heavy atom. The van der Waals surface area contributed by atoms with Gasteiger partial charge in [-0.1, -0.05) is 6.07 Å². The van der Waals surface area contributed by atoms with E-state index in [1.54, 1.807) is 30.5 Å². The van der Waals surface area contributed by atoms with Gasteiger partial charge in [0.25, 0.3) is 0 Å². The van der Waals surface area contributed by atoms with E-state index in [0.29, 0.717) is 17.3 Å². The quantitative estimate of drug-likeness (QED) is 0.897. The first-order valence-electron chi connectivity index (χ1n) is 6.91. The third-order valence-corrected chi connectivity index (χ3v) is 3.25. The Balaban J connectivity index is 1.66. The molecule has 1 amide bonds. The first kappa shape index (κ1) is 13.5. The molecule has 1 aromatic heterocycles. The van der Waals surface area contributed by atoms with Crippen molar-refractivity contribution in [2.45, 2.75) is 18.9 Å². The minimum Gasteiger partial charge on any atom is -0.437 e. The molecule has 6 nitrogen and oxygen atoms in total. The summed E-state index contributed by atoms with van der Waals surface area (Å²) in [5, 5.41) is 13.7. The van der Waals surface area contributed by atoms with Gasteiger partial charge in [-0.3, -0.25) is 4.79 Å². The Labute approximate surface area is 122 Å². The van der Waals surface area contributed by atoms with Crippen LogP contribution >= 0.6 is 0 Å². The van der Waals surface area contributed by atoms with Crippen molar-refractivity contribution < 1.29 is 9.53 Å². The normalized spacial score (nSPS) is 17.4. The predicted octanol–water partition coefficient (Wildman–Crippen LogP) is 1.96. The minimum absolute atomic E-state index is 0.0100. The summed E-state index contributed by atoms with van der Waals surface area (Å²) in [6.45, 7) is 0.897. The number of hydrogen-bond donors (Lipinski definition) is 2. The maximum Gasteiger partial charge on any atom is 0.241 e. The van der Waals surface area contributed by atoms with Crippen LogP contribution in [-0.4, -0.2) is 28.7 Å². The summed E-state index contributed by atoms with van der Waals surface area (Å²) in [5.41, 5.74) is 0.704. The van der Waals surface area contributed by atoms with Crippen molar-refractivity contribution in [3.63, 3.8) is 0 Å². The molecule has 6 heteroatoms. The highest BCUT2D eigenvalue weighted by molar-refractivity contribution is 5.95. The largest absolute Gasteiger partial charge is 0.437 e. The zero-order chi connectivity index (χ0) is 14.5.